The van der Waals surface area contributed by atoms with Crippen molar-refractivity contribution >= 4 is 6.29 Å². The van der Waals surface area contributed by atoms with Crippen LogP contribution in [0.1, 0.15) is 53.4 Å². The molecule has 0 saturated heterocycles. The molecular formula is C20H24O2. The number of carbonyl (C=O) groups is 1. The second kappa shape index (κ2) is 7.79. The Bertz CT molecular complexity index is 619. The summed E-state index contributed by atoms with van der Waals surface area (Å²) in [5.74, 6) is 0.989. The number of aldehydes is 1. The van der Waals surface area contributed by atoms with E-state index in [0.29, 0.717) is 12.2 Å². The Kier molecular flexibility index (Phi) is 5.76. The van der Waals surface area contributed by atoms with Crippen LogP contribution in [-0.4, -0.2) is 6.29 Å². The second-order valence-corrected chi connectivity index (χ2v) is 5.41. The summed E-state index contributed by atoms with van der Waals surface area (Å²) < 4.78 is 6.12. The van der Waals surface area contributed by atoms with E-state index in [9.17, 15) is 4.79 Å². The Morgan fingerprint density at radius 3 is 2.09 bits per heavy atom. The van der Waals surface area contributed by atoms with Gasteiger partial charge in [0, 0.05) is 5.56 Å². The van der Waals surface area contributed by atoms with Gasteiger partial charge in [0.1, 0.15) is 18.6 Å². The third-order valence-electron chi connectivity index (χ3n) is 4.03. The van der Waals surface area contributed by atoms with Gasteiger partial charge in [-0.1, -0.05) is 57.2 Å². The van der Waals surface area contributed by atoms with Gasteiger partial charge in [-0.3, -0.25) is 4.79 Å². The van der Waals surface area contributed by atoms with E-state index in [4.69, 9.17) is 4.74 Å². The molecule has 0 heterocycles. The largest absolute Gasteiger partial charge is 0.488 e. The molecule has 2 nitrogen and oxygen atoms in total. The highest BCUT2D eigenvalue weighted by Crippen LogP contribution is 2.28. The van der Waals surface area contributed by atoms with Gasteiger partial charge in [0.05, 0.1) is 0 Å². The Labute approximate surface area is 133 Å². The molecule has 0 radical (unpaired) electrons. The van der Waals surface area contributed by atoms with Crippen LogP contribution in [0, 0.1) is 0 Å². The van der Waals surface area contributed by atoms with E-state index < -0.39 is 0 Å². The van der Waals surface area contributed by atoms with Gasteiger partial charge in [-0.2, -0.15) is 0 Å². The number of carbonyl (C=O) groups excluding carboxylic acids is 1. The van der Waals surface area contributed by atoms with Crippen LogP contribution in [0.25, 0.3) is 0 Å². The molecule has 0 saturated carbocycles. The van der Waals surface area contributed by atoms with E-state index in [2.05, 4.69) is 32.9 Å². The van der Waals surface area contributed by atoms with Gasteiger partial charge in [-0.25, -0.2) is 0 Å². The Morgan fingerprint density at radius 1 is 0.909 bits per heavy atom. The molecule has 0 aromatic heterocycles. The van der Waals surface area contributed by atoms with Crippen molar-refractivity contribution < 1.29 is 9.53 Å². The molecule has 0 aliphatic rings. The third kappa shape index (κ3) is 3.56. The molecule has 0 atom stereocenters. The van der Waals surface area contributed by atoms with Gasteiger partial charge in [-0.05, 0) is 41.5 Å². The van der Waals surface area contributed by atoms with Crippen molar-refractivity contribution in [1.82, 2.24) is 0 Å². The molecule has 2 aromatic carbocycles. The summed E-state index contributed by atoms with van der Waals surface area (Å²) in [7, 11) is 0. The average Bonchev–Trinajstić information content (AvgIpc) is 2.59. The lowest BCUT2D eigenvalue weighted by Crippen LogP contribution is -2.04. The summed E-state index contributed by atoms with van der Waals surface area (Å²) in [4.78, 5) is 11.1. The molecule has 0 N–H and O–H groups in total. The number of benzene rings is 2. The first-order chi connectivity index (χ1) is 10.7. The standard InChI is InChI=1S/C20H24O2/c1-4-15-11-16(5-2)20(17(6-3)12-15)22-14-19-10-8-7-9-18(19)13-21/h7-13H,4-6,14H2,1-3H3. The van der Waals surface area contributed by atoms with Crippen LogP contribution in [0.15, 0.2) is 36.4 Å². The predicted molar refractivity (Wildman–Crippen MR) is 90.7 cm³/mol. The third-order valence-corrected chi connectivity index (χ3v) is 4.03. The highest BCUT2D eigenvalue weighted by Gasteiger charge is 2.11. The lowest BCUT2D eigenvalue weighted by molar-refractivity contribution is 0.112. The van der Waals surface area contributed by atoms with Gasteiger partial charge in [0.2, 0.25) is 0 Å². The van der Waals surface area contributed by atoms with E-state index in [0.717, 1.165) is 36.9 Å². The molecular weight excluding hydrogens is 272 g/mol. The van der Waals surface area contributed by atoms with Crippen LogP contribution in [0.2, 0.25) is 0 Å². The number of ether oxygens (including phenoxy) is 1. The summed E-state index contributed by atoms with van der Waals surface area (Å²) in [6.45, 7) is 6.91. The fourth-order valence-corrected chi connectivity index (χ4v) is 2.67. The summed E-state index contributed by atoms with van der Waals surface area (Å²) in [6.07, 6.45) is 3.82. The number of hydrogen-bond donors (Lipinski definition) is 0. The lowest BCUT2D eigenvalue weighted by atomic mass is 9.99. The molecule has 0 amide bonds. The number of rotatable bonds is 7. The Hall–Kier alpha value is -2.09. The molecule has 2 rings (SSSR count). The van der Waals surface area contributed by atoms with Crippen LogP contribution in [0.5, 0.6) is 5.75 Å². The predicted octanol–water partition coefficient (Wildman–Crippen LogP) is 4.77. The van der Waals surface area contributed by atoms with Crippen LogP contribution in [0.4, 0.5) is 0 Å². The van der Waals surface area contributed by atoms with Crippen molar-refractivity contribution in [3.05, 3.63) is 64.2 Å². The Morgan fingerprint density at radius 2 is 1.55 bits per heavy atom. The Balaban J connectivity index is 2.30. The van der Waals surface area contributed by atoms with Crippen LogP contribution in [0.3, 0.4) is 0 Å². The number of hydrogen-bond acceptors (Lipinski definition) is 2. The molecule has 0 fully saturated rings. The van der Waals surface area contributed by atoms with Crippen molar-refractivity contribution in [3.8, 4) is 5.75 Å². The summed E-state index contributed by atoms with van der Waals surface area (Å²) in [6, 6.07) is 12.1. The SMILES string of the molecule is CCc1cc(CC)c(OCc2ccccc2C=O)c(CC)c1. The van der Waals surface area contributed by atoms with Crippen molar-refractivity contribution in [2.24, 2.45) is 0 Å². The van der Waals surface area contributed by atoms with Gasteiger partial charge in [-0.15, -0.1) is 0 Å². The zero-order valence-electron chi connectivity index (χ0n) is 13.7. The van der Waals surface area contributed by atoms with Crippen molar-refractivity contribution in [1.29, 1.82) is 0 Å². The van der Waals surface area contributed by atoms with Crippen molar-refractivity contribution in [2.45, 2.75) is 46.6 Å². The second-order valence-electron chi connectivity index (χ2n) is 5.41. The van der Waals surface area contributed by atoms with Crippen molar-refractivity contribution in [2.75, 3.05) is 0 Å². The quantitative estimate of drug-likeness (QED) is 0.688. The highest BCUT2D eigenvalue weighted by molar-refractivity contribution is 5.77. The maximum atomic E-state index is 11.1. The highest BCUT2D eigenvalue weighted by atomic mass is 16.5. The average molecular weight is 296 g/mol. The lowest BCUT2D eigenvalue weighted by Gasteiger charge is -2.17. The summed E-state index contributed by atoms with van der Waals surface area (Å²) in [5, 5.41) is 0. The summed E-state index contributed by atoms with van der Waals surface area (Å²) in [5.41, 5.74) is 5.49. The van der Waals surface area contributed by atoms with E-state index in [1.807, 2.05) is 24.3 Å². The fourth-order valence-electron chi connectivity index (χ4n) is 2.67. The topological polar surface area (TPSA) is 26.3 Å². The molecule has 2 aromatic rings. The van der Waals surface area contributed by atoms with E-state index in [1.54, 1.807) is 0 Å². The molecule has 2 heteroatoms. The molecule has 116 valence electrons. The molecule has 0 aliphatic heterocycles. The monoisotopic (exact) mass is 296 g/mol. The van der Waals surface area contributed by atoms with Gasteiger partial charge in [0.15, 0.2) is 0 Å². The van der Waals surface area contributed by atoms with Crippen molar-refractivity contribution in [3.63, 3.8) is 0 Å². The van der Waals surface area contributed by atoms with E-state index in [-0.39, 0.29) is 0 Å². The smallest absolute Gasteiger partial charge is 0.150 e. The number of aryl methyl sites for hydroxylation is 3. The maximum Gasteiger partial charge on any atom is 0.150 e. The first-order valence-electron chi connectivity index (χ1n) is 8.03. The minimum atomic E-state index is 0.431. The zero-order valence-corrected chi connectivity index (χ0v) is 13.7. The molecule has 22 heavy (non-hydrogen) atoms. The first-order valence-corrected chi connectivity index (χ1v) is 8.03. The first kappa shape index (κ1) is 16.3. The molecule has 0 unspecified atom stereocenters. The van der Waals surface area contributed by atoms with Gasteiger partial charge in [0.25, 0.3) is 0 Å². The van der Waals surface area contributed by atoms with E-state index in [1.165, 1.54) is 16.7 Å². The normalized spacial score (nSPS) is 10.5. The minimum Gasteiger partial charge on any atom is -0.488 e. The summed E-state index contributed by atoms with van der Waals surface area (Å²) >= 11 is 0. The minimum absolute atomic E-state index is 0.431. The molecule has 0 spiro atoms. The van der Waals surface area contributed by atoms with E-state index >= 15 is 0 Å². The van der Waals surface area contributed by atoms with Gasteiger partial charge >= 0.3 is 0 Å². The fraction of sp³-hybridized carbons (Fsp3) is 0.350. The zero-order chi connectivity index (χ0) is 15.9. The van der Waals surface area contributed by atoms with Crippen LogP contribution >= 0.6 is 0 Å². The maximum absolute atomic E-state index is 11.1. The van der Waals surface area contributed by atoms with Crippen LogP contribution < -0.4 is 4.74 Å². The molecule has 0 aliphatic carbocycles. The van der Waals surface area contributed by atoms with Crippen LogP contribution in [-0.2, 0) is 25.9 Å². The molecule has 0 bridgehead atoms. The van der Waals surface area contributed by atoms with Gasteiger partial charge < -0.3 is 4.74 Å².